The number of anilines is 1. The fourth-order valence-electron chi connectivity index (χ4n) is 2.94. The smallest absolute Gasteiger partial charge is 0.252 e. The second kappa shape index (κ2) is 7.79. The van der Waals surface area contributed by atoms with Crippen molar-refractivity contribution in [3.63, 3.8) is 0 Å². The zero-order valence-electron chi connectivity index (χ0n) is 14.9. The van der Waals surface area contributed by atoms with Gasteiger partial charge < -0.3 is 21.1 Å². The number of carbonyl (C=O) groups is 2. The molecule has 1 heterocycles. The van der Waals surface area contributed by atoms with Crippen LogP contribution in [0.1, 0.15) is 5.56 Å². The van der Waals surface area contributed by atoms with Crippen LogP contribution in [0, 0.1) is 5.92 Å². The van der Waals surface area contributed by atoms with Crippen molar-refractivity contribution in [2.75, 3.05) is 5.32 Å². The number of H-pyrrole nitrogens is 1. The van der Waals surface area contributed by atoms with Gasteiger partial charge in [0, 0.05) is 22.7 Å². The molecule has 1 aromatic heterocycles. The first-order valence-corrected chi connectivity index (χ1v) is 8.54. The normalized spacial score (nSPS) is 11.7. The third kappa shape index (κ3) is 4.09. The van der Waals surface area contributed by atoms with Gasteiger partial charge in [-0.2, -0.15) is 0 Å². The number of pyridine rings is 1. The second-order valence-electron chi connectivity index (χ2n) is 6.40. The minimum absolute atomic E-state index is 0.00863. The van der Waals surface area contributed by atoms with Crippen LogP contribution in [0.25, 0.3) is 10.9 Å². The van der Waals surface area contributed by atoms with E-state index in [0.29, 0.717) is 16.6 Å². The summed E-state index contributed by atoms with van der Waals surface area (Å²) < 4.78 is 0. The van der Waals surface area contributed by atoms with E-state index in [1.165, 1.54) is 6.07 Å². The lowest BCUT2D eigenvalue weighted by Gasteiger charge is -2.18. The van der Waals surface area contributed by atoms with Gasteiger partial charge in [0.2, 0.25) is 11.8 Å². The third-order valence-corrected chi connectivity index (χ3v) is 4.43. The van der Waals surface area contributed by atoms with Crippen LogP contribution in [0.4, 0.5) is 5.69 Å². The van der Waals surface area contributed by atoms with Gasteiger partial charge in [-0.15, -0.1) is 0 Å². The van der Waals surface area contributed by atoms with Gasteiger partial charge in [0.1, 0.15) is 5.75 Å². The molecule has 7 heteroatoms. The number of nitrogens with one attached hydrogen (secondary N) is 2. The van der Waals surface area contributed by atoms with Crippen molar-refractivity contribution >= 4 is 28.4 Å². The van der Waals surface area contributed by atoms with Crippen LogP contribution in [0.5, 0.6) is 5.75 Å². The summed E-state index contributed by atoms with van der Waals surface area (Å²) in [7, 11) is 0. The molecule has 2 amide bonds. The molecule has 5 N–H and O–H groups in total. The van der Waals surface area contributed by atoms with Crippen LogP contribution in [0.15, 0.2) is 71.5 Å². The summed E-state index contributed by atoms with van der Waals surface area (Å²) in [6.07, 6.45) is 0.264. The lowest BCUT2D eigenvalue weighted by Crippen LogP contribution is -2.31. The van der Waals surface area contributed by atoms with Crippen LogP contribution in [-0.4, -0.2) is 21.9 Å². The van der Waals surface area contributed by atoms with Crippen molar-refractivity contribution in [2.45, 2.75) is 6.42 Å². The number of nitrogens with two attached hydrogens (primary N) is 1. The van der Waals surface area contributed by atoms with Gasteiger partial charge in [0.25, 0.3) is 5.56 Å². The van der Waals surface area contributed by atoms with Crippen LogP contribution >= 0.6 is 0 Å². The molecule has 28 heavy (non-hydrogen) atoms. The quantitative estimate of drug-likeness (QED) is 0.491. The molecule has 3 rings (SSSR count). The summed E-state index contributed by atoms with van der Waals surface area (Å²) in [5.41, 5.74) is 6.62. The first-order chi connectivity index (χ1) is 13.3. The Morgan fingerprint density at radius 1 is 1.14 bits per heavy atom. The van der Waals surface area contributed by atoms with E-state index in [2.05, 4.69) is 16.9 Å². The molecule has 0 saturated heterocycles. The Bertz CT molecular complexity index is 1120. The molecule has 0 unspecified atom stereocenters. The number of primary amides is 1. The minimum Gasteiger partial charge on any atom is -0.507 e. The predicted octanol–water partition coefficient (Wildman–Crippen LogP) is 2.07. The molecule has 0 saturated carbocycles. The van der Waals surface area contributed by atoms with Crippen molar-refractivity contribution in [3.05, 3.63) is 82.7 Å². The molecule has 3 aromatic rings. The van der Waals surface area contributed by atoms with Gasteiger partial charge in [-0.25, -0.2) is 0 Å². The lowest BCUT2D eigenvalue weighted by molar-refractivity contribution is -0.122. The van der Waals surface area contributed by atoms with Crippen molar-refractivity contribution in [1.29, 1.82) is 0 Å². The number of aromatic amines is 1. The molecule has 2 aromatic carbocycles. The van der Waals surface area contributed by atoms with Gasteiger partial charge in [-0.1, -0.05) is 36.9 Å². The summed E-state index contributed by atoms with van der Waals surface area (Å²) in [5, 5.41) is 13.1. The Balaban J connectivity index is 1.89. The number of hydrogen-bond donors (Lipinski definition) is 4. The predicted molar refractivity (Wildman–Crippen MR) is 107 cm³/mol. The minimum atomic E-state index is -0.847. The lowest BCUT2D eigenvalue weighted by atomic mass is 9.91. The van der Waals surface area contributed by atoms with Gasteiger partial charge in [0.15, 0.2) is 0 Å². The average Bonchev–Trinajstić information content (AvgIpc) is 2.66. The Morgan fingerprint density at radius 3 is 2.54 bits per heavy atom. The number of aromatic hydroxyl groups is 1. The zero-order chi connectivity index (χ0) is 20.3. The third-order valence-electron chi connectivity index (χ3n) is 4.43. The van der Waals surface area contributed by atoms with Crippen LogP contribution < -0.4 is 16.6 Å². The Labute approximate surface area is 160 Å². The second-order valence-corrected chi connectivity index (χ2v) is 6.40. The maximum absolute atomic E-state index is 12.8. The molecular weight excluding hydrogens is 358 g/mol. The van der Waals surface area contributed by atoms with E-state index in [-0.39, 0.29) is 17.7 Å². The maximum Gasteiger partial charge on any atom is 0.252 e. The first-order valence-electron chi connectivity index (χ1n) is 8.54. The van der Waals surface area contributed by atoms with E-state index in [0.717, 1.165) is 11.6 Å². The van der Waals surface area contributed by atoms with Gasteiger partial charge in [0.05, 0.1) is 11.4 Å². The summed E-state index contributed by atoms with van der Waals surface area (Å²) in [4.78, 5) is 38.5. The SMILES string of the molecule is C=C(C(N)=O)[C@H](Cc1ccccc1)C(=O)Nc1ccc2[nH]c(=O)cc(O)c2c1. The molecular formula is C21H19N3O4. The fourth-order valence-corrected chi connectivity index (χ4v) is 2.94. The van der Waals surface area contributed by atoms with Crippen LogP contribution in [0.2, 0.25) is 0 Å². The number of rotatable bonds is 6. The van der Waals surface area contributed by atoms with Crippen molar-refractivity contribution in [2.24, 2.45) is 11.7 Å². The Kier molecular flexibility index (Phi) is 5.26. The van der Waals surface area contributed by atoms with E-state index in [1.807, 2.05) is 30.3 Å². The van der Waals surface area contributed by atoms with Crippen molar-refractivity contribution < 1.29 is 14.7 Å². The summed E-state index contributed by atoms with van der Waals surface area (Å²) >= 11 is 0. The number of benzene rings is 2. The van der Waals surface area contributed by atoms with Crippen LogP contribution in [0.3, 0.4) is 0 Å². The maximum atomic E-state index is 12.8. The molecule has 7 nitrogen and oxygen atoms in total. The Morgan fingerprint density at radius 2 is 1.86 bits per heavy atom. The standard InChI is InChI=1S/C21H19N3O4/c1-12(20(22)27)15(9-13-5-3-2-4-6-13)21(28)23-14-7-8-17-16(10-14)18(25)11-19(26)24-17/h2-8,10-11,15H,1,9H2,(H2,22,27)(H,23,28)(H2,24,25,26)/t15-/m0/s1. The highest BCUT2D eigenvalue weighted by Crippen LogP contribution is 2.25. The van der Waals surface area contributed by atoms with E-state index in [4.69, 9.17) is 5.73 Å². The van der Waals surface area contributed by atoms with Crippen molar-refractivity contribution in [3.8, 4) is 5.75 Å². The van der Waals surface area contributed by atoms with E-state index in [1.54, 1.807) is 12.1 Å². The summed E-state index contributed by atoms with van der Waals surface area (Å²) in [6, 6.07) is 15.0. The van der Waals surface area contributed by atoms with Gasteiger partial charge >= 0.3 is 0 Å². The molecule has 1 atom stereocenters. The number of amides is 2. The van der Waals surface area contributed by atoms with Crippen LogP contribution in [-0.2, 0) is 16.0 Å². The van der Waals surface area contributed by atoms with E-state index < -0.39 is 23.3 Å². The number of aromatic nitrogens is 1. The molecule has 0 radical (unpaired) electrons. The molecule has 0 aliphatic rings. The highest BCUT2D eigenvalue weighted by atomic mass is 16.3. The molecule has 0 spiro atoms. The summed E-state index contributed by atoms with van der Waals surface area (Å²) in [5.74, 6) is -2.24. The molecule has 142 valence electrons. The molecule has 0 aliphatic heterocycles. The first kappa shape index (κ1) is 18.9. The average molecular weight is 377 g/mol. The molecule has 0 fully saturated rings. The number of hydrogen-bond acceptors (Lipinski definition) is 4. The monoisotopic (exact) mass is 377 g/mol. The van der Waals surface area contributed by atoms with E-state index in [9.17, 15) is 19.5 Å². The topological polar surface area (TPSA) is 125 Å². The molecule has 0 bridgehead atoms. The van der Waals surface area contributed by atoms with E-state index >= 15 is 0 Å². The summed E-state index contributed by atoms with van der Waals surface area (Å²) in [6.45, 7) is 3.67. The Hall–Kier alpha value is -3.87. The molecule has 0 aliphatic carbocycles. The van der Waals surface area contributed by atoms with Gasteiger partial charge in [-0.05, 0) is 30.2 Å². The number of fused-ring (bicyclic) bond motifs is 1. The largest absolute Gasteiger partial charge is 0.507 e. The van der Waals surface area contributed by atoms with Crippen molar-refractivity contribution in [1.82, 2.24) is 4.98 Å². The fraction of sp³-hybridized carbons (Fsp3) is 0.0952. The highest BCUT2D eigenvalue weighted by molar-refractivity contribution is 6.04. The zero-order valence-corrected chi connectivity index (χ0v) is 14.9. The van der Waals surface area contributed by atoms with Gasteiger partial charge in [-0.3, -0.25) is 14.4 Å². The number of carbonyl (C=O) groups excluding carboxylic acids is 2. The highest BCUT2D eigenvalue weighted by Gasteiger charge is 2.25.